The molecule has 0 aromatic heterocycles. The molecule has 0 fully saturated rings. The molecule has 2 aliphatic rings. The van der Waals surface area contributed by atoms with Gasteiger partial charge in [0.1, 0.15) is 6.04 Å². The number of carbonyl (C=O) groups is 4. The van der Waals surface area contributed by atoms with Crippen LogP contribution in [0.25, 0.3) is 0 Å². The fourth-order valence-electron chi connectivity index (χ4n) is 4.40. The van der Waals surface area contributed by atoms with Crippen molar-refractivity contribution in [1.29, 1.82) is 0 Å². The summed E-state index contributed by atoms with van der Waals surface area (Å²) in [4.78, 5) is 57.8. The number of nitrogens with one attached hydrogen (secondary N) is 1. The summed E-state index contributed by atoms with van der Waals surface area (Å²) >= 11 is 0.986. The van der Waals surface area contributed by atoms with E-state index in [2.05, 4.69) is 10.3 Å². The predicted molar refractivity (Wildman–Crippen MR) is 153 cm³/mol. The second-order valence-corrected chi connectivity index (χ2v) is 9.68. The molecule has 1 unspecified atom stereocenters. The van der Waals surface area contributed by atoms with Crippen LogP contribution in [0.4, 0.5) is 5.69 Å². The van der Waals surface area contributed by atoms with E-state index in [1.807, 2.05) is 0 Å². The highest BCUT2D eigenvalue weighted by Crippen LogP contribution is 2.46. The van der Waals surface area contributed by atoms with Crippen molar-refractivity contribution in [1.82, 2.24) is 4.90 Å². The minimum absolute atomic E-state index is 0. The number of amides is 2. The van der Waals surface area contributed by atoms with Crippen molar-refractivity contribution in [2.75, 3.05) is 32.8 Å². The van der Waals surface area contributed by atoms with Crippen LogP contribution in [0.5, 0.6) is 11.5 Å². The van der Waals surface area contributed by atoms with Crippen LogP contribution in [0.1, 0.15) is 42.7 Å². The molecule has 2 heterocycles. The number of para-hydroxylation sites is 1. The zero-order valence-corrected chi connectivity index (χ0v) is 26.0. The van der Waals surface area contributed by atoms with Crippen LogP contribution in [0.3, 0.4) is 0 Å². The molecule has 0 saturated carbocycles. The Bertz CT molecular complexity index is 1490. The number of hydrogen-bond donors (Lipinski definition) is 1. The molecule has 11 nitrogen and oxygen atoms in total. The number of benzene rings is 2. The quantitative estimate of drug-likeness (QED) is 0.395. The zero-order valence-electron chi connectivity index (χ0n) is 23.6. The Morgan fingerprint density at radius 2 is 1.64 bits per heavy atom. The molecule has 0 bridgehead atoms. The number of hydrogen-bond acceptors (Lipinski definition) is 10. The van der Waals surface area contributed by atoms with Crippen LogP contribution in [0.15, 0.2) is 69.7 Å². The molecule has 42 heavy (non-hydrogen) atoms. The standard InChI is InChI=1S/C29H29N3O8S.BrH/c1-6-39-27(35)17-11-13-18(14-12-17)31-26(34)21-15-22(33)32-24(19-9-8-10-20(37-4)25(19)38-5)23(28(36)40-7-2)16(3)30-29(32)41-21;/h8-15,24H,6-7H2,1-5H3,(H,31,34);1H/p-1. The lowest BCUT2D eigenvalue weighted by atomic mass is 9.93. The molecule has 0 spiro atoms. The van der Waals surface area contributed by atoms with E-state index in [1.54, 1.807) is 51.1 Å². The number of halogens is 1. The summed E-state index contributed by atoms with van der Waals surface area (Å²) in [6, 6.07) is 10.4. The van der Waals surface area contributed by atoms with Crippen molar-refractivity contribution in [3.8, 4) is 11.5 Å². The number of thioether (sulfide) groups is 1. The van der Waals surface area contributed by atoms with Gasteiger partial charge in [-0.05, 0) is 62.9 Å². The fourth-order valence-corrected chi connectivity index (χ4v) is 5.37. The molecule has 2 aromatic carbocycles. The molecule has 2 aromatic rings. The van der Waals surface area contributed by atoms with Crippen molar-refractivity contribution < 1.29 is 55.1 Å². The van der Waals surface area contributed by atoms with E-state index in [4.69, 9.17) is 18.9 Å². The van der Waals surface area contributed by atoms with Crippen LogP contribution in [0.2, 0.25) is 0 Å². The third-order valence-electron chi connectivity index (χ3n) is 6.19. The van der Waals surface area contributed by atoms with E-state index in [9.17, 15) is 19.2 Å². The summed E-state index contributed by atoms with van der Waals surface area (Å²) in [7, 11) is 2.96. The number of nitrogens with zero attached hydrogens (tertiary/aromatic N) is 2. The van der Waals surface area contributed by atoms with Gasteiger partial charge in [-0.3, -0.25) is 14.5 Å². The van der Waals surface area contributed by atoms with Gasteiger partial charge < -0.3 is 41.2 Å². The average Bonchev–Trinajstić information content (AvgIpc) is 2.96. The molecule has 0 radical (unpaired) electrons. The Balaban J connectivity index is 0.00000484. The third kappa shape index (κ3) is 6.52. The summed E-state index contributed by atoms with van der Waals surface area (Å²) < 4.78 is 21.4. The van der Waals surface area contributed by atoms with Crippen molar-refractivity contribution in [2.45, 2.75) is 26.8 Å². The minimum atomic E-state index is -0.956. The second kappa shape index (κ2) is 14.2. The number of fused-ring (bicyclic) bond motifs is 1. The molecule has 4 rings (SSSR count). The summed E-state index contributed by atoms with van der Waals surface area (Å²) in [6.45, 7) is 5.42. The van der Waals surface area contributed by atoms with E-state index in [1.165, 1.54) is 37.3 Å². The van der Waals surface area contributed by atoms with Crippen molar-refractivity contribution >= 4 is 46.4 Å². The number of methoxy groups -OCH3 is 2. The largest absolute Gasteiger partial charge is 1.00 e. The number of amidine groups is 1. The predicted octanol–water partition coefficient (Wildman–Crippen LogP) is 1.23. The second-order valence-electron chi connectivity index (χ2n) is 8.67. The normalized spacial score (nSPS) is 15.9. The third-order valence-corrected chi connectivity index (χ3v) is 7.18. The summed E-state index contributed by atoms with van der Waals surface area (Å²) in [5.41, 5.74) is 1.75. The number of carbonyl (C=O) groups excluding carboxylic acids is 4. The molecular formula is C29H29BrN3O8S-. The summed E-state index contributed by atoms with van der Waals surface area (Å²) in [6.07, 6.45) is 1.19. The minimum Gasteiger partial charge on any atom is -1.00 e. The SMILES string of the molecule is CCOC(=O)C1=C(C)N=C2SC(C(=O)Nc3ccc(C(=O)OCC)cc3)=CC(=O)N2C1c1cccc(OC)c1OC.[Br-]. The first kappa shape index (κ1) is 32.4. The van der Waals surface area contributed by atoms with Gasteiger partial charge in [-0.1, -0.05) is 12.1 Å². The summed E-state index contributed by atoms with van der Waals surface area (Å²) in [5.74, 6) is -1.44. The number of ether oxygens (including phenoxy) is 4. The van der Waals surface area contributed by atoms with Crippen LogP contribution < -0.4 is 31.8 Å². The number of allylic oxidation sites excluding steroid dienone is 1. The van der Waals surface area contributed by atoms with Gasteiger partial charge in [-0.25, -0.2) is 14.6 Å². The number of rotatable bonds is 9. The lowest BCUT2D eigenvalue weighted by molar-refractivity contribution is -0.139. The van der Waals surface area contributed by atoms with Crippen LogP contribution in [-0.4, -0.2) is 61.3 Å². The van der Waals surface area contributed by atoms with Crippen LogP contribution in [0, 0.1) is 0 Å². The van der Waals surface area contributed by atoms with Crippen molar-refractivity contribution in [3.05, 3.63) is 75.8 Å². The molecule has 2 aliphatic heterocycles. The zero-order chi connectivity index (χ0) is 29.7. The van der Waals surface area contributed by atoms with Gasteiger partial charge in [-0.2, -0.15) is 0 Å². The lowest BCUT2D eigenvalue weighted by Crippen LogP contribution is -3.00. The van der Waals surface area contributed by atoms with Crippen molar-refractivity contribution in [2.24, 2.45) is 4.99 Å². The van der Waals surface area contributed by atoms with Crippen LogP contribution in [-0.2, 0) is 23.9 Å². The maximum atomic E-state index is 13.6. The van der Waals surface area contributed by atoms with E-state index < -0.39 is 29.8 Å². The van der Waals surface area contributed by atoms with E-state index in [-0.39, 0.29) is 45.8 Å². The molecule has 0 saturated heterocycles. The van der Waals surface area contributed by atoms with Crippen molar-refractivity contribution in [3.63, 3.8) is 0 Å². The Kier molecular flexibility index (Phi) is 10.9. The van der Waals surface area contributed by atoms with Gasteiger partial charge in [0.15, 0.2) is 16.7 Å². The van der Waals surface area contributed by atoms with E-state index in [0.29, 0.717) is 34.0 Å². The summed E-state index contributed by atoms with van der Waals surface area (Å²) in [5, 5.41) is 2.94. The van der Waals surface area contributed by atoms with Gasteiger partial charge in [0.05, 0.1) is 49.2 Å². The fraction of sp³-hybridized carbons (Fsp3) is 0.276. The number of esters is 2. The number of anilines is 1. The molecule has 222 valence electrons. The highest BCUT2D eigenvalue weighted by Gasteiger charge is 2.44. The Morgan fingerprint density at radius 3 is 2.26 bits per heavy atom. The van der Waals surface area contributed by atoms with Gasteiger partial charge in [-0.15, -0.1) is 0 Å². The van der Waals surface area contributed by atoms with Gasteiger partial charge in [0.2, 0.25) is 0 Å². The highest BCUT2D eigenvalue weighted by molar-refractivity contribution is 8.18. The Labute approximate surface area is 257 Å². The first-order valence-electron chi connectivity index (χ1n) is 12.7. The first-order valence-corrected chi connectivity index (χ1v) is 13.5. The highest BCUT2D eigenvalue weighted by atomic mass is 79.9. The maximum absolute atomic E-state index is 13.6. The molecule has 13 heteroatoms. The molecule has 1 N–H and O–H groups in total. The van der Waals surface area contributed by atoms with E-state index >= 15 is 0 Å². The molecular weight excluding hydrogens is 630 g/mol. The van der Waals surface area contributed by atoms with E-state index in [0.717, 1.165) is 11.8 Å². The Hall–Kier alpha value is -4.10. The van der Waals surface area contributed by atoms with Gasteiger partial charge >= 0.3 is 11.9 Å². The first-order chi connectivity index (χ1) is 19.7. The average molecular weight is 660 g/mol. The van der Waals surface area contributed by atoms with Gasteiger partial charge in [0.25, 0.3) is 11.8 Å². The topological polar surface area (TPSA) is 133 Å². The van der Waals surface area contributed by atoms with Gasteiger partial charge in [0, 0.05) is 17.3 Å². The number of aliphatic imine (C=N–C) groups is 1. The monoisotopic (exact) mass is 658 g/mol. The van der Waals surface area contributed by atoms with Crippen LogP contribution >= 0.6 is 11.8 Å². The maximum Gasteiger partial charge on any atom is 0.338 e. The lowest BCUT2D eigenvalue weighted by Gasteiger charge is -2.38. The smallest absolute Gasteiger partial charge is 0.338 e. The molecule has 0 aliphatic carbocycles. The Morgan fingerprint density at radius 1 is 0.976 bits per heavy atom. The molecule has 1 atom stereocenters. The molecule has 2 amide bonds.